The van der Waals surface area contributed by atoms with Crippen LogP contribution >= 0.6 is 0 Å². The summed E-state index contributed by atoms with van der Waals surface area (Å²) in [6.45, 7) is 1.60. The smallest absolute Gasteiger partial charge is 0.435 e. The second-order valence-electron chi connectivity index (χ2n) is 7.15. The maximum atomic E-state index is 13.3. The molecule has 0 bridgehead atoms. The Morgan fingerprint density at radius 3 is 2.16 bits per heavy atom. The monoisotopic (exact) mass is 430 g/mol. The Kier molecular flexibility index (Phi) is 5.83. The summed E-state index contributed by atoms with van der Waals surface area (Å²) in [6, 6.07) is 19.1. The van der Waals surface area contributed by atoms with Crippen LogP contribution in [0.3, 0.4) is 0 Å². The number of para-hydroxylation sites is 1. The molecular weight excluding hydrogens is 409 g/mol. The van der Waals surface area contributed by atoms with Crippen LogP contribution in [0.5, 0.6) is 0 Å². The first-order valence-corrected chi connectivity index (χ1v) is 9.85. The molecule has 0 unspecified atom stereocenters. The van der Waals surface area contributed by atoms with E-state index in [4.69, 9.17) is 4.74 Å². The first-order valence-electron chi connectivity index (χ1n) is 9.85. The van der Waals surface area contributed by atoms with Crippen LogP contribution in [0.15, 0.2) is 66.7 Å². The van der Waals surface area contributed by atoms with Gasteiger partial charge < -0.3 is 14.5 Å². The van der Waals surface area contributed by atoms with E-state index < -0.39 is 18.0 Å². The molecule has 1 aromatic heterocycles. The summed E-state index contributed by atoms with van der Waals surface area (Å²) in [6.07, 6.45) is -4.98. The Morgan fingerprint density at radius 1 is 0.935 bits per heavy atom. The van der Waals surface area contributed by atoms with E-state index in [1.54, 1.807) is 40.1 Å². The second-order valence-corrected chi connectivity index (χ2v) is 7.15. The van der Waals surface area contributed by atoms with Crippen molar-refractivity contribution in [3.63, 3.8) is 0 Å². The van der Waals surface area contributed by atoms with Crippen molar-refractivity contribution in [2.75, 3.05) is 31.1 Å². The molecule has 162 valence electrons. The number of benzene rings is 2. The zero-order valence-corrected chi connectivity index (χ0v) is 16.6. The van der Waals surface area contributed by atoms with Gasteiger partial charge in [0.05, 0.1) is 5.69 Å². The highest BCUT2D eigenvalue weighted by molar-refractivity contribution is 5.68. The van der Waals surface area contributed by atoms with Crippen LogP contribution in [0.1, 0.15) is 11.3 Å². The highest BCUT2D eigenvalue weighted by atomic mass is 19.4. The Labute approximate surface area is 177 Å². The third-order valence-electron chi connectivity index (χ3n) is 5.05. The van der Waals surface area contributed by atoms with Gasteiger partial charge in [0, 0.05) is 32.2 Å². The molecule has 0 N–H and O–H groups in total. The number of carbonyl (C=O) groups excluding carboxylic acids is 1. The van der Waals surface area contributed by atoms with Crippen LogP contribution in [0.2, 0.25) is 0 Å². The average Bonchev–Trinajstić information content (AvgIpc) is 3.25. The van der Waals surface area contributed by atoms with Gasteiger partial charge in [-0.05, 0) is 17.7 Å². The Balaban J connectivity index is 1.44. The number of carbonyl (C=O) groups is 1. The predicted octanol–water partition coefficient (Wildman–Crippen LogP) is 4.35. The van der Waals surface area contributed by atoms with E-state index in [9.17, 15) is 18.0 Å². The maximum Gasteiger partial charge on any atom is 0.435 e. The van der Waals surface area contributed by atoms with E-state index >= 15 is 0 Å². The molecule has 0 atom stereocenters. The van der Waals surface area contributed by atoms with Crippen molar-refractivity contribution >= 4 is 11.9 Å². The van der Waals surface area contributed by atoms with Gasteiger partial charge in [-0.3, -0.25) is 0 Å². The zero-order chi connectivity index (χ0) is 21.8. The fraction of sp³-hybridized carbons (Fsp3) is 0.273. The van der Waals surface area contributed by atoms with Gasteiger partial charge in [0.25, 0.3) is 0 Å². The number of ether oxygens (including phenoxy) is 1. The standard InChI is InChI=1S/C22H21F3N4O2/c23-22(24,25)19-15-20(29(26-19)18-9-5-2-6-10-18)27-11-13-28(14-12-27)21(30)31-16-17-7-3-1-4-8-17/h1-10,15H,11-14,16H2. The molecule has 1 fully saturated rings. The summed E-state index contributed by atoms with van der Waals surface area (Å²) in [4.78, 5) is 15.7. The second kappa shape index (κ2) is 8.71. The van der Waals surface area contributed by atoms with Crippen LogP contribution < -0.4 is 4.90 Å². The van der Waals surface area contributed by atoms with Crippen LogP contribution in [0.4, 0.5) is 23.8 Å². The number of nitrogens with zero attached hydrogens (tertiary/aromatic N) is 4. The lowest BCUT2D eigenvalue weighted by atomic mass is 10.2. The number of halogens is 3. The maximum absolute atomic E-state index is 13.3. The molecule has 0 radical (unpaired) electrons. The van der Waals surface area contributed by atoms with Crippen LogP contribution in [-0.4, -0.2) is 47.0 Å². The van der Waals surface area contributed by atoms with Gasteiger partial charge in [0.2, 0.25) is 0 Å². The summed E-state index contributed by atoms with van der Waals surface area (Å²) in [5, 5.41) is 3.79. The molecule has 0 saturated carbocycles. The highest BCUT2D eigenvalue weighted by Crippen LogP contribution is 2.33. The van der Waals surface area contributed by atoms with Crippen molar-refractivity contribution in [3.05, 3.63) is 78.0 Å². The number of piperazine rings is 1. The Morgan fingerprint density at radius 2 is 1.55 bits per heavy atom. The Bertz CT molecular complexity index is 1010. The lowest BCUT2D eigenvalue weighted by Crippen LogP contribution is -2.49. The fourth-order valence-corrected chi connectivity index (χ4v) is 3.42. The van der Waals surface area contributed by atoms with E-state index in [1.165, 1.54) is 4.68 Å². The SMILES string of the molecule is O=C(OCc1ccccc1)N1CCN(c2cc(C(F)(F)F)nn2-c2ccccc2)CC1. The first kappa shape index (κ1) is 20.8. The highest BCUT2D eigenvalue weighted by Gasteiger charge is 2.36. The minimum Gasteiger partial charge on any atom is -0.445 e. The van der Waals surface area contributed by atoms with Crippen molar-refractivity contribution in [1.29, 1.82) is 0 Å². The van der Waals surface area contributed by atoms with Gasteiger partial charge in [-0.15, -0.1) is 0 Å². The number of rotatable bonds is 4. The molecule has 31 heavy (non-hydrogen) atoms. The molecule has 3 aromatic rings. The molecule has 1 aliphatic heterocycles. The molecule has 0 spiro atoms. The molecule has 2 heterocycles. The van der Waals surface area contributed by atoms with Crippen molar-refractivity contribution in [3.8, 4) is 5.69 Å². The van der Waals surface area contributed by atoms with Crippen molar-refractivity contribution in [2.45, 2.75) is 12.8 Å². The largest absolute Gasteiger partial charge is 0.445 e. The van der Waals surface area contributed by atoms with E-state index in [0.29, 0.717) is 37.7 Å². The number of anilines is 1. The van der Waals surface area contributed by atoms with E-state index in [-0.39, 0.29) is 6.61 Å². The van der Waals surface area contributed by atoms with Crippen LogP contribution in [-0.2, 0) is 17.5 Å². The quantitative estimate of drug-likeness (QED) is 0.618. The van der Waals surface area contributed by atoms with Gasteiger partial charge in [-0.1, -0.05) is 48.5 Å². The van der Waals surface area contributed by atoms with Gasteiger partial charge in [-0.2, -0.15) is 18.3 Å². The summed E-state index contributed by atoms with van der Waals surface area (Å²) >= 11 is 0. The lowest BCUT2D eigenvalue weighted by Gasteiger charge is -2.35. The van der Waals surface area contributed by atoms with Crippen molar-refractivity contribution < 1.29 is 22.7 Å². The molecule has 1 aliphatic rings. The average molecular weight is 430 g/mol. The molecule has 1 amide bonds. The van der Waals surface area contributed by atoms with Gasteiger partial charge >= 0.3 is 12.3 Å². The number of hydrogen-bond acceptors (Lipinski definition) is 4. The first-order chi connectivity index (χ1) is 14.9. The minimum absolute atomic E-state index is 0.176. The summed E-state index contributed by atoms with van der Waals surface area (Å²) in [5.74, 6) is 0.343. The van der Waals surface area contributed by atoms with Gasteiger partial charge in [-0.25, -0.2) is 9.48 Å². The normalized spacial score (nSPS) is 14.5. The molecule has 6 nitrogen and oxygen atoms in total. The predicted molar refractivity (Wildman–Crippen MR) is 109 cm³/mol. The molecule has 0 aliphatic carbocycles. The van der Waals surface area contributed by atoms with E-state index in [2.05, 4.69) is 5.10 Å². The summed E-state index contributed by atoms with van der Waals surface area (Å²) in [7, 11) is 0. The number of aromatic nitrogens is 2. The number of hydrogen-bond donors (Lipinski definition) is 0. The third kappa shape index (κ3) is 4.82. The van der Waals surface area contributed by atoms with E-state index in [1.807, 2.05) is 30.3 Å². The molecule has 1 saturated heterocycles. The van der Waals surface area contributed by atoms with Crippen LogP contribution in [0, 0.1) is 0 Å². The van der Waals surface area contributed by atoms with Gasteiger partial charge in [0.15, 0.2) is 5.69 Å². The van der Waals surface area contributed by atoms with Crippen molar-refractivity contribution in [1.82, 2.24) is 14.7 Å². The Hall–Kier alpha value is -3.49. The summed E-state index contributed by atoms with van der Waals surface area (Å²) in [5.41, 5.74) is 0.481. The van der Waals surface area contributed by atoms with E-state index in [0.717, 1.165) is 11.6 Å². The molecule has 2 aromatic carbocycles. The molecular formula is C22H21F3N4O2. The van der Waals surface area contributed by atoms with Gasteiger partial charge in [0.1, 0.15) is 12.4 Å². The fourth-order valence-electron chi connectivity index (χ4n) is 3.42. The molecule has 9 heteroatoms. The topological polar surface area (TPSA) is 50.6 Å². The zero-order valence-electron chi connectivity index (χ0n) is 16.6. The molecule has 4 rings (SSSR count). The van der Waals surface area contributed by atoms with Crippen molar-refractivity contribution in [2.24, 2.45) is 0 Å². The third-order valence-corrected chi connectivity index (χ3v) is 5.05. The number of amides is 1. The summed E-state index contributed by atoms with van der Waals surface area (Å²) < 4.78 is 46.5. The minimum atomic E-state index is -4.54. The lowest BCUT2D eigenvalue weighted by molar-refractivity contribution is -0.141. The number of alkyl halides is 3. The van der Waals surface area contributed by atoms with Crippen LogP contribution in [0.25, 0.3) is 5.69 Å².